The van der Waals surface area contributed by atoms with Crippen LogP contribution >= 0.6 is 24.4 Å². The molecule has 0 amide bonds. The van der Waals surface area contributed by atoms with Crippen molar-refractivity contribution in [1.29, 1.82) is 32.5 Å². The maximum atomic E-state index is 12.1. The molecular weight excluding hydrogens is 921 g/mol. The molecule has 4 aliphatic rings. The number of hydrogen-bond acceptors (Lipinski definition) is 21. The van der Waals surface area contributed by atoms with Crippen molar-refractivity contribution in [2.45, 2.75) is 123 Å². The number of aliphatic hydroxyl groups excluding tert-OH is 6. The Balaban J connectivity index is 1.74. The molecule has 3 heterocycles. The van der Waals surface area contributed by atoms with E-state index in [0.29, 0.717) is 24.7 Å². The van der Waals surface area contributed by atoms with Gasteiger partial charge in [0.15, 0.2) is 54.6 Å². The number of rotatable bonds is 21. The van der Waals surface area contributed by atoms with Gasteiger partial charge in [-0.25, -0.2) is 0 Å². The molecule has 33 heteroatoms. The molecule has 0 aromatic rings. The Morgan fingerprint density at radius 2 is 0.985 bits per heavy atom. The maximum absolute atomic E-state index is 12.1. The lowest BCUT2D eigenvalue weighted by Gasteiger charge is -2.49. The Bertz CT molecular complexity index is 1650. The minimum atomic E-state index is -1.78. The summed E-state index contributed by atoms with van der Waals surface area (Å²) in [6.07, 6.45) is -23.5. The van der Waals surface area contributed by atoms with Gasteiger partial charge in [-0.3, -0.25) is 32.5 Å². The van der Waals surface area contributed by atoms with Gasteiger partial charge in [0.2, 0.25) is 0 Å². The summed E-state index contributed by atoms with van der Waals surface area (Å²) in [6, 6.07) is -5.15. The first-order valence-electron chi connectivity index (χ1n) is 20.5. The molecule has 0 aromatic heterocycles. The molecule has 378 valence electrons. The maximum Gasteiger partial charge on any atom is 0.187 e. The van der Waals surface area contributed by atoms with Crippen LogP contribution < -0.4 is 66.3 Å². The number of hydrogen-bond donors (Lipinski definition) is 25. The zero-order chi connectivity index (χ0) is 49.0. The molecule has 0 aromatic carbocycles. The third-order valence-corrected chi connectivity index (χ3v) is 11.9. The van der Waals surface area contributed by atoms with Gasteiger partial charge in [-0.1, -0.05) is 0 Å². The van der Waals surface area contributed by atoms with Crippen LogP contribution in [0.2, 0.25) is 0 Å². The van der Waals surface area contributed by atoms with Crippen LogP contribution in [0.25, 0.3) is 0 Å². The van der Waals surface area contributed by atoms with Crippen LogP contribution in [0.15, 0.2) is 0 Å². The molecule has 19 atom stereocenters. The van der Waals surface area contributed by atoms with E-state index in [0.717, 1.165) is 0 Å². The molecule has 19 unspecified atom stereocenters. The van der Waals surface area contributed by atoms with E-state index in [-0.39, 0.29) is 25.3 Å². The summed E-state index contributed by atoms with van der Waals surface area (Å²) >= 11 is 5.47. The van der Waals surface area contributed by atoms with Crippen LogP contribution in [0.3, 0.4) is 0 Å². The third-order valence-electron chi connectivity index (χ3n) is 10.7. The minimum absolute atomic E-state index is 0.101. The van der Waals surface area contributed by atoms with E-state index in [1.54, 1.807) is 0 Å². The van der Waals surface area contributed by atoms with Crippen molar-refractivity contribution in [2.75, 3.05) is 43.6 Å². The molecule has 0 bridgehead atoms. The summed E-state index contributed by atoms with van der Waals surface area (Å²) in [4.78, 5) is 0. The van der Waals surface area contributed by atoms with Crippen LogP contribution in [0.4, 0.5) is 0 Å². The van der Waals surface area contributed by atoms with Gasteiger partial charge in [-0.05, 0) is 6.42 Å². The highest BCUT2D eigenvalue weighted by atomic mass is 32.2. The standard InChI is InChI=1S/C33H66N18O13S2/c34-28(35)46-6-11-17(53)19(55)14(50-32(42)43)25(59-11)62-22-10(49-31(40)41)5-9(48-30(38)39)16(52)24(22)64-27-21(57)23(13(61-27)8-66-4-2-58-1-3-65)63-26-15(51-33(44)45)20(56)18(54)12(60-26)7-47-29(36)37/h9-27,52-57,65H,1-8H2,(H4,34,35,46)(H4,36,37,47)(H4,38,39,48)(H4,40,41,49)(H4,42,43,50)(H4,44,45,51). The summed E-state index contributed by atoms with van der Waals surface area (Å²) in [5, 5.41) is 131. The van der Waals surface area contributed by atoms with Crippen LogP contribution in [-0.2, 0) is 33.2 Å². The van der Waals surface area contributed by atoms with E-state index >= 15 is 0 Å². The van der Waals surface area contributed by atoms with Gasteiger partial charge >= 0.3 is 0 Å². The van der Waals surface area contributed by atoms with Gasteiger partial charge in [0.25, 0.3) is 0 Å². The fourth-order valence-corrected chi connectivity index (χ4v) is 8.83. The normalized spacial score (nSPS) is 37.8. The fraction of sp³-hybridized carbons (Fsp3) is 0.818. The average molecular weight is 987 g/mol. The van der Waals surface area contributed by atoms with Crippen molar-refractivity contribution in [2.24, 2.45) is 34.4 Å². The van der Waals surface area contributed by atoms with Crippen molar-refractivity contribution >= 4 is 60.1 Å². The molecule has 4 rings (SSSR count). The molecule has 3 aliphatic heterocycles. The highest BCUT2D eigenvalue weighted by Gasteiger charge is 2.56. The van der Waals surface area contributed by atoms with Gasteiger partial charge in [-0.15, -0.1) is 0 Å². The predicted octanol–water partition coefficient (Wildman–Crippen LogP) is -10.1. The van der Waals surface area contributed by atoms with Crippen molar-refractivity contribution in [3.63, 3.8) is 0 Å². The number of nitrogens with one attached hydrogen (secondary N) is 12. The molecule has 4 fully saturated rings. The van der Waals surface area contributed by atoms with E-state index < -0.39 is 152 Å². The SMILES string of the molecule is N=C(N)NCC1OC(OC2C(CSCCOCCS)OC(OC3C(O)C(NC(=N)N)CC(NC(=N)N)C3OC3OC(CNC(=N)N)C(O)C(O)C3NC(=N)N)C2O)C(NC(=N)N)C(O)C1O. The first kappa shape index (κ1) is 54.4. The van der Waals surface area contributed by atoms with Gasteiger partial charge in [0.1, 0.15) is 79.2 Å². The Morgan fingerprint density at radius 3 is 1.45 bits per heavy atom. The molecule has 1 aliphatic carbocycles. The molecule has 3 saturated heterocycles. The van der Waals surface area contributed by atoms with Crippen LogP contribution in [-0.4, -0.2) is 226 Å². The number of ether oxygens (including phenoxy) is 7. The predicted molar refractivity (Wildman–Crippen MR) is 238 cm³/mol. The monoisotopic (exact) mass is 986 g/mol. The van der Waals surface area contributed by atoms with E-state index in [4.69, 9.17) is 100 Å². The van der Waals surface area contributed by atoms with Gasteiger partial charge in [0, 0.05) is 30.3 Å². The number of guanidine groups is 6. The first-order valence-corrected chi connectivity index (χ1v) is 22.3. The highest BCUT2D eigenvalue weighted by Crippen LogP contribution is 2.36. The molecule has 1 saturated carbocycles. The largest absolute Gasteiger partial charge is 0.388 e. The summed E-state index contributed by atoms with van der Waals surface area (Å²) in [5.41, 5.74) is 33.7. The zero-order valence-corrected chi connectivity index (χ0v) is 37.2. The lowest BCUT2D eigenvalue weighted by molar-refractivity contribution is -0.310. The molecular formula is C33H66N18O13S2. The van der Waals surface area contributed by atoms with Crippen LogP contribution in [0.1, 0.15) is 6.42 Å². The second-order valence-electron chi connectivity index (χ2n) is 15.6. The zero-order valence-electron chi connectivity index (χ0n) is 35.5. The van der Waals surface area contributed by atoms with Gasteiger partial charge in [0.05, 0.1) is 31.4 Å². The van der Waals surface area contributed by atoms with Gasteiger partial charge in [-0.2, -0.15) is 24.4 Å². The minimum Gasteiger partial charge on any atom is -0.388 e. The van der Waals surface area contributed by atoms with E-state index in [1.807, 2.05) is 0 Å². The van der Waals surface area contributed by atoms with Crippen molar-refractivity contribution in [1.82, 2.24) is 31.9 Å². The van der Waals surface area contributed by atoms with Crippen molar-refractivity contribution in [3.05, 3.63) is 0 Å². The fourth-order valence-electron chi connectivity index (χ4n) is 7.80. The third kappa shape index (κ3) is 14.9. The Morgan fingerprint density at radius 1 is 0.530 bits per heavy atom. The lowest BCUT2D eigenvalue weighted by atomic mass is 9.83. The summed E-state index contributed by atoms with van der Waals surface area (Å²) < 4.78 is 43.1. The molecule has 30 N–H and O–H groups in total. The first-order chi connectivity index (χ1) is 31.1. The van der Waals surface area contributed by atoms with Crippen LogP contribution in [0.5, 0.6) is 0 Å². The van der Waals surface area contributed by atoms with Crippen molar-refractivity contribution < 1.29 is 63.8 Å². The number of thiol groups is 1. The second-order valence-corrected chi connectivity index (χ2v) is 17.2. The average Bonchev–Trinajstić information content (AvgIpc) is 3.51. The number of thioether (sulfide) groups is 1. The van der Waals surface area contributed by atoms with Gasteiger partial charge < -0.3 is 130 Å². The van der Waals surface area contributed by atoms with E-state index in [9.17, 15) is 30.6 Å². The number of aliphatic hydroxyl groups is 6. The van der Waals surface area contributed by atoms with Crippen molar-refractivity contribution in [3.8, 4) is 0 Å². The Kier molecular flexibility index (Phi) is 20.8. The Labute approximate surface area is 388 Å². The van der Waals surface area contributed by atoms with Crippen LogP contribution in [0, 0.1) is 32.5 Å². The van der Waals surface area contributed by atoms with E-state index in [1.165, 1.54) is 11.8 Å². The smallest absolute Gasteiger partial charge is 0.187 e. The van der Waals surface area contributed by atoms with E-state index in [2.05, 4.69) is 44.5 Å². The Hall–Kier alpha value is -4.20. The number of nitrogens with two attached hydrogens (primary N) is 6. The molecule has 0 spiro atoms. The molecule has 66 heavy (non-hydrogen) atoms. The molecule has 0 radical (unpaired) electrons. The lowest BCUT2D eigenvalue weighted by Crippen LogP contribution is -2.71. The topological polar surface area (TPSA) is 557 Å². The molecule has 31 nitrogen and oxygen atoms in total. The summed E-state index contributed by atoms with van der Waals surface area (Å²) in [5.74, 6) is -2.38. The summed E-state index contributed by atoms with van der Waals surface area (Å²) in [6.45, 7) is 0.124. The highest BCUT2D eigenvalue weighted by molar-refractivity contribution is 7.99. The second kappa shape index (κ2) is 25.2. The summed E-state index contributed by atoms with van der Waals surface area (Å²) in [7, 11) is 0. The quantitative estimate of drug-likeness (QED) is 0.0220.